The lowest BCUT2D eigenvalue weighted by Crippen LogP contribution is -2.32. The number of rotatable bonds is 7. The highest BCUT2D eigenvalue weighted by molar-refractivity contribution is 7.15. The number of carbonyl (C=O) groups is 2. The average molecular weight is 395 g/mol. The maximum Gasteiger partial charge on any atom is 0.229 e. The monoisotopic (exact) mass is 394 g/mol. The molecule has 1 saturated heterocycles. The molecule has 0 saturated carbocycles. The van der Waals surface area contributed by atoms with Gasteiger partial charge < -0.3 is 10.1 Å². The molecule has 3 rings (SSSR count). The predicted octanol–water partition coefficient (Wildman–Crippen LogP) is 2.40. The summed E-state index contributed by atoms with van der Waals surface area (Å²) < 4.78 is 5.29. The van der Waals surface area contributed by atoms with E-state index in [1.54, 1.807) is 6.07 Å². The van der Waals surface area contributed by atoms with Gasteiger partial charge in [-0.05, 0) is 18.6 Å². The zero-order valence-corrected chi connectivity index (χ0v) is 15.8. The van der Waals surface area contributed by atoms with E-state index in [9.17, 15) is 9.59 Å². The number of nitrogens with zero attached hydrogens (tertiary/aromatic N) is 3. The number of amides is 2. The lowest BCUT2D eigenvalue weighted by Gasteiger charge is -2.13. The highest BCUT2D eigenvalue weighted by Crippen LogP contribution is 2.28. The SMILES string of the molecule is CCOCc1nnc(N2CC(C(=O)NCc3ccccc3Cl)CC2=O)s1. The summed E-state index contributed by atoms with van der Waals surface area (Å²) in [6, 6.07) is 7.33. The van der Waals surface area contributed by atoms with E-state index < -0.39 is 5.92 Å². The lowest BCUT2D eigenvalue weighted by atomic mass is 10.1. The Balaban J connectivity index is 1.57. The van der Waals surface area contributed by atoms with Crippen LogP contribution >= 0.6 is 22.9 Å². The van der Waals surface area contributed by atoms with E-state index in [2.05, 4.69) is 15.5 Å². The van der Waals surface area contributed by atoms with E-state index >= 15 is 0 Å². The minimum Gasteiger partial charge on any atom is -0.374 e. The van der Waals surface area contributed by atoms with Crippen LogP contribution in [0.2, 0.25) is 5.02 Å². The van der Waals surface area contributed by atoms with Gasteiger partial charge >= 0.3 is 0 Å². The Morgan fingerprint density at radius 3 is 3.00 bits per heavy atom. The number of hydrogen-bond acceptors (Lipinski definition) is 6. The van der Waals surface area contributed by atoms with E-state index in [-0.39, 0.29) is 18.2 Å². The molecule has 1 aromatic heterocycles. The first-order valence-corrected chi connectivity index (χ1v) is 9.49. The molecule has 1 aliphatic heterocycles. The second-order valence-corrected chi connectivity index (χ2v) is 7.28. The Bertz CT molecular complexity index is 798. The van der Waals surface area contributed by atoms with Crippen LogP contribution in [-0.4, -0.2) is 35.2 Å². The molecule has 1 atom stereocenters. The molecule has 1 aromatic carbocycles. The van der Waals surface area contributed by atoms with Crippen LogP contribution < -0.4 is 10.2 Å². The van der Waals surface area contributed by atoms with Crippen molar-refractivity contribution in [2.75, 3.05) is 18.1 Å². The van der Waals surface area contributed by atoms with Gasteiger partial charge in [0.05, 0.1) is 5.92 Å². The Morgan fingerprint density at radius 1 is 1.42 bits per heavy atom. The quantitative estimate of drug-likeness (QED) is 0.779. The van der Waals surface area contributed by atoms with Crippen molar-refractivity contribution in [1.82, 2.24) is 15.5 Å². The zero-order valence-electron chi connectivity index (χ0n) is 14.3. The van der Waals surface area contributed by atoms with Gasteiger partial charge in [-0.15, -0.1) is 10.2 Å². The minimum absolute atomic E-state index is 0.123. The number of carbonyl (C=O) groups excluding carboxylic acids is 2. The van der Waals surface area contributed by atoms with E-state index in [1.165, 1.54) is 16.2 Å². The van der Waals surface area contributed by atoms with E-state index in [4.69, 9.17) is 16.3 Å². The van der Waals surface area contributed by atoms with E-state index in [0.717, 1.165) is 5.56 Å². The molecule has 1 unspecified atom stereocenters. The lowest BCUT2D eigenvalue weighted by molar-refractivity contribution is -0.126. The maximum absolute atomic E-state index is 12.4. The molecule has 2 aromatic rings. The standard InChI is InChI=1S/C17H19ClN4O3S/c1-2-25-10-14-20-21-17(26-14)22-9-12(7-15(22)23)16(24)19-8-11-5-3-4-6-13(11)18/h3-6,12H,2,7-10H2,1H3,(H,19,24). The van der Waals surface area contributed by atoms with Gasteiger partial charge in [0.2, 0.25) is 16.9 Å². The van der Waals surface area contributed by atoms with Crippen molar-refractivity contribution in [1.29, 1.82) is 0 Å². The van der Waals surface area contributed by atoms with Gasteiger partial charge in [-0.25, -0.2) is 0 Å². The molecule has 2 heterocycles. The fourth-order valence-electron chi connectivity index (χ4n) is 2.64. The van der Waals surface area contributed by atoms with Gasteiger partial charge in [0.25, 0.3) is 0 Å². The Hall–Kier alpha value is -2.03. The summed E-state index contributed by atoms with van der Waals surface area (Å²) in [5, 5.41) is 12.7. The van der Waals surface area contributed by atoms with Gasteiger partial charge in [-0.1, -0.05) is 41.1 Å². The summed E-state index contributed by atoms with van der Waals surface area (Å²) in [6.45, 7) is 3.50. The van der Waals surface area contributed by atoms with Gasteiger partial charge in [0, 0.05) is 31.1 Å². The van der Waals surface area contributed by atoms with Crippen molar-refractivity contribution in [2.24, 2.45) is 5.92 Å². The van der Waals surface area contributed by atoms with Gasteiger partial charge in [-0.2, -0.15) is 0 Å². The molecule has 1 aliphatic rings. The molecule has 138 valence electrons. The van der Waals surface area contributed by atoms with Crippen LogP contribution in [0.15, 0.2) is 24.3 Å². The van der Waals surface area contributed by atoms with Crippen molar-refractivity contribution in [3.63, 3.8) is 0 Å². The number of ether oxygens (including phenoxy) is 1. The molecular weight excluding hydrogens is 376 g/mol. The van der Waals surface area contributed by atoms with Gasteiger partial charge in [0.15, 0.2) is 0 Å². The maximum atomic E-state index is 12.4. The summed E-state index contributed by atoms with van der Waals surface area (Å²) in [5.41, 5.74) is 0.841. The summed E-state index contributed by atoms with van der Waals surface area (Å²) in [4.78, 5) is 26.2. The Kier molecular flexibility index (Phi) is 6.18. The first kappa shape index (κ1) is 18.8. The smallest absolute Gasteiger partial charge is 0.229 e. The normalized spacial score (nSPS) is 16.9. The summed E-state index contributed by atoms with van der Waals surface area (Å²) >= 11 is 7.40. The van der Waals surface area contributed by atoms with E-state index in [1.807, 2.05) is 25.1 Å². The number of nitrogens with one attached hydrogen (secondary N) is 1. The molecule has 9 heteroatoms. The first-order chi connectivity index (χ1) is 12.6. The van der Waals surface area contributed by atoms with Crippen molar-refractivity contribution in [3.05, 3.63) is 39.9 Å². The van der Waals surface area contributed by atoms with Crippen LogP contribution in [0, 0.1) is 5.92 Å². The molecule has 1 N–H and O–H groups in total. The number of aromatic nitrogens is 2. The zero-order chi connectivity index (χ0) is 18.5. The summed E-state index contributed by atoms with van der Waals surface area (Å²) in [6.07, 6.45) is 0.161. The number of benzene rings is 1. The molecule has 26 heavy (non-hydrogen) atoms. The summed E-state index contributed by atoms with van der Waals surface area (Å²) in [5.74, 6) is -0.703. The number of anilines is 1. The average Bonchev–Trinajstić information content (AvgIpc) is 3.25. The topological polar surface area (TPSA) is 84.4 Å². The van der Waals surface area contributed by atoms with Gasteiger partial charge in [0.1, 0.15) is 11.6 Å². The molecule has 0 aliphatic carbocycles. The third-order valence-corrected chi connectivity index (χ3v) is 5.31. The third-order valence-electron chi connectivity index (χ3n) is 4.02. The fourth-order valence-corrected chi connectivity index (χ4v) is 3.64. The Labute approximate surface area is 160 Å². The highest BCUT2D eigenvalue weighted by atomic mass is 35.5. The molecule has 0 spiro atoms. The molecular formula is C17H19ClN4O3S. The van der Waals surface area contributed by atoms with Crippen LogP contribution in [0.25, 0.3) is 0 Å². The molecule has 7 nitrogen and oxygen atoms in total. The molecule has 0 radical (unpaired) electrons. The number of hydrogen-bond donors (Lipinski definition) is 1. The molecule has 2 amide bonds. The number of halogens is 1. The van der Waals surface area contributed by atoms with Crippen molar-refractivity contribution in [2.45, 2.75) is 26.5 Å². The second-order valence-electron chi connectivity index (χ2n) is 5.83. The van der Waals surface area contributed by atoms with Crippen LogP contribution in [0.1, 0.15) is 23.9 Å². The fraction of sp³-hybridized carbons (Fsp3) is 0.412. The van der Waals surface area contributed by atoms with Crippen molar-refractivity contribution < 1.29 is 14.3 Å². The highest BCUT2D eigenvalue weighted by Gasteiger charge is 2.36. The largest absolute Gasteiger partial charge is 0.374 e. The van der Waals surface area contributed by atoms with Crippen LogP contribution in [0.4, 0.5) is 5.13 Å². The van der Waals surface area contributed by atoms with Gasteiger partial charge in [-0.3, -0.25) is 14.5 Å². The molecule has 0 bridgehead atoms. The van der Waals surface area contributed by atoms with Crippen molar-refractivity contribution in [3.8, 4) is 0 Å². The predicted molar refractivity (Wildman–Crippen MR) is 99.0 cm³/mol. The first-order valence-electron chi connectivity index (χ1n) is 8.30. The van der Waals surface area contributed by atoms with Crippen LogP contribution in [0.3, 0.4) is 0 Å². The van der Waals surface area contributed by atoms with Crippen LogP contribution in [-0.2, 0) is 27.5 Å². The van der Waals surface area contributed by atoms with Crippen molar-refractivity contribution >= 4 is 39.9 Å². The molecule has 1 fully saturated rings. The summed E-state index contributed by atoms with van der Waals surface area (Å²) in [7, 11) is 0. The minimum atomic E-state index is -0.413. The van der Waals surface area contributed by atoms with E-state index in [0.29, 0.717) is 41.5 Å². The second kappa shape index (κ2) is 8.57. The Morgan fingerprint density at radius 2 is 2.23 bits per heavy atom. The van der Waals surface area contributed by atoms with Crippen LogP contribution in [0.5, 0.6) is 0 Å². The third kappa shape index (κ3) is 4.38.